The molecular formula is C14H22BrN. The van der Waals surface area contributed by atoms with Gasteiger partial charge in [0.15, 0.2) is 0 Å². The van der Waals surface area contributed by atoms with E-state index in [2.05, 4.69) is 53.3 Å². The standard InChI is InChI=1S/C14H22BrN/c1-3-4-5-6-7-8-16-14-10-12(2)9-13(15)11-14/h9-11,16H,3-8H2,1-2H3. The molecule has 0 heterocycles. The lowest BCUT2D eigenvalue weighted by molar-refractivity contribution is 0.645. The maximum absolute atomic E-state index is 3.52. The van der Waals surface area contributed by atoms with Crippen LogP contribution >= 0.6 is 15.9 Å². The summed E-state index contributed by atoms with van der Waals surface area (Å²) in [6, 6.07) is 6.46. The van der Waals surface area contributed by atoms with Crippen LogP contribution in [0.2, 0.25) is 0 Å². The van der Waals surface area contributed by atoms with Gasteiger partial charge in [-0.05, 0) is 37.1 Å². The molecule has 0 spiro atoms. The van der Waals surface area contributed by atoms with Gasteiger partial charge in [-0.1, -0.05) is 48.5 Å². The molecule has 90 valence electrons. The molecule has 1 rings (SSSR count). The normalized spacial score (nSPS) is 10.4. The predicted octanol–water partition coefficient (Wildman–Crippen LogP) is 5.14. The van der Waals surface area contributed by atoms with E-state index in [1.165, 1.54) is 43.4 Å². The molecule has 2 heteroatoms. The van der Waals surface area contributed by atoms with Crippen LogP contribution in [-0.4, -0.2) is 6.54 Å². The van der Waals surface area contributed by atoms with Gasteiger partial charge in [0.25, 0.3) is 0 Å². The molecule has 0 aliphatic heterocycles. The maximum Gasteiger partial charge on any atom is 0.0354 e. The fourth-order valence-electron chi connectivity index (χ4n) is 1.80. The molecule has 0 aliphatic rings. The van der Waals surface area contributed by atoms with Crippen molar-refractivity contribution >= 4 is 21.6 Å². The molecule has 0 bridgehead atoms. The Bertz CT molecular complexity index is 289. The van der Waals surface area contributed by atoms with E-state index in [0.717, 1.165) is 11.0 Å². The second-order valence-electron chi connectivity index (χ2n) is 4.36. The summed E-state index contributed by atoms with van der Waals surface area (Å²) in [6.45, 7) is 5.46. The van der Waals surface area contributed by atoms with Gasteiger partial charge in [-0.2, -0.15) is 0 Å². The van der Waals surface area contributed by atoms with Gasteiger partial charge in [-0.3, -0.25) is 0 Å². The molecule has 0 saturated heterocycles. The van der Waals surface area contributed by atoms with Crippen LogP contribution in [0.25, 0.3) is 0 Å². The zero-order chi connectivity index (χ0) is 11.8. The molecule has 0 amide bonds. The highest BCUT2D eigenvalue weighted by atomic mass is 79.9. The number of rotatable bonds is 7. The molecule has 0 aromatic heterocycles. The van der Waals surface area contributed by atoms with Crippen LogP contribution in [0.15, 0.2) is 22.7 Å². The summed E-state index contributed by atoms with van der Waals surface area (Å²) in [5, 5.41) is 3.47. The number of hydrogen-bond acceptors (Lipinski definition) is 1. The maximum atomic E-state index is 3.52. The Morgan fingerprint density at radius 3 is 2.50 bits per heavy atom. The van der Waals surface area contributed by atoms with Crippen LogP contribution in [0, 0.1) is 6.92 Å². The first-order valence-electron chi connectivity index (χ1n) is 6.23. The summed E-state index contributed by atoms with van der Waals surface area (Å²) in [4.78, 5) is 0. The molecule has 0 radical (unpaired) electrons. The Balaban J connectivity index is 2.21. The molecule has 1 nitrogen and oxygen atoms in total. The predicted molar refractivity (Wildman–Crippen MR) is 76.1 cm³/mol. The van der Waals surface area contributed by atoms with Crippen molar-refractivity contribution in [3.05, 3.63) is 28.2 Å². The second kappa shape index (κ2) is 7.72. The van der Waals surface area contributed by atoms with Gasteiger partial charge in [-0.15, -0.1) is 0 Å². The van der Waals surface area contributed by atoms with Crippen molar-refractivity contribution < 1.29 is 0 Å². The van der Waals surface area contributed by atoms with Crippen LogP contribution in [0.5, 0.6) is 0 Å². The minimum Gasteiger partial charge on any atom is -0.385 e. The minimum atomic E-state index is 1.08. The SMILES string of the molecule is CCCCCCCNc1cc(C)cc(Br)c1. The average Bonchev–Trinajstić information content (AvgIpc) is 2.22. The van der Waals surface area contributed by atoms with E-state index >= 15 is 0 Å². The van der Waals surface area contributed by atoms with Crippen molar-refractivity contribution in [2.45, 2.75) is 46.0 Å². The van der Waals surface area contributed by atoms with E-state index in [0.29, 0.717) is 0 Å². The molecule has 1 aromatic rings. The van der Waals surface area contributed by atoms with E-state index in [4.69, 9.17) is 0 Å². The monoisotopic (exact) mass is 283 g/mol. The Hall–Kier alpha value is -0.500. The van der Waals surface area contributed by atoms with Crippen LogP contribution < -0.4 is 5.32 Å². The average molecular weight is 284 g/mol. The fourth-order valence-corrected chi connectivity index (χ4v) is 2.41. The molecular weight excluding hydrogens is 262 g/mol. The third-order valence-electron chi connectivity index (χ3n) is 2.65. The van der Waals surface area contributed by atoms with Gasteiger partial charge in [0.2, 0.25) is 0 Å². The Kier molecular flexibility index (Phi) is 6.55. The topological polar surface area (TPSA) is 12.0 Å². The van der Waals surface area contributed by atoms with Crippen LogP contribution in [0.4, 0.5) is 5.69 Å². The van der Waals surface area contributed by atoms with Crippen molar-refractivity contribution in [3.8, 4) is 0 Å². The van der Waals surface area contributed by atoms with Crippen LogP contribution in [-0.2, 0) is 0 Å². The third kappa shape index (κ3) is 5.55. The zero-order valence-corrected chi connectivity index (χ0v) is 11.9. The number of unbranched alkanes of at least 4 members (excludes halogenated alkanes) is 4. The van der Waals surface area contributed by atoms with Gasteiger partial charge in [0, 0.05) is 16.7 Å². The van der Waals surface area contributed by atoms with E-state index in [1.54, 1.807) is 0 Å². The highest BCUT2D eigenvalue weighted by Crippen LogP contribution is 2.19. The molecule has 16 heavy (non-hydrogen) atoms. The quantitative estimate of drug-likeness (QED) is 0.683. The number of benzene rings is 1. The minimum absolute atomic E-state index is 1.08. The summed E-state index contributed by atoms with van der Waals surface area (Å²) < 4.78 is 1.15. The van der Waals surface area contributed by atoms with E-state index in [-0.39, 0.29) is 0 Å². The number of anilines is 1. The van der Waals surface area contributed by atoms with Gasteiger partial charge < -0.3 is 5.32 Å². The largest absolute Gasteiger partial charge is 0.385 e. The second-order valence-corrected chi connectivity index (χ2v) is 5.27. The van der Waals surface area contributed by atoms with Crippen molar-refractivity contribution in [1.82, 2.24) is 0 Å². The molecule has 1 N–H and O–H groups in total. The van der Waals surface area contributed by atoms with E-state index in [9.17, 15) is 0 Å². The first kappa shape index (κ1) is 13.6. The number of halogens is 1. The summed E-state index contributed by atoms with van der Waals surface area (Å²) in [5.74, 6) is 0. The molecule has 1 aromatic carbocycles. The van der Waals surface area contributed by atoms with Crippen LogP contribution in [0.3, 0.4) is 0 Å². The molecule has 0 aliphatic carbocycles. The lowest BCUT2D eigenvalue weighted by Crippen LogP contribution is -2.01. The van der Waals surface area contributed by atoms with Gasteiger partial charge in [0.1, 0.15) is 0 Å². The Labute approximate surface area is 108 Å². The Morgan fingerprint density at radius 1 is 1.06 bits per heavy atom. The van der Waals surface area contributed by atoms with Crippen molar-refractivity contribution in [3.63, 3.8) is 0 Å². The number of hydrogen-bond donors (Lipinski definition) is 1. The third-order valence-corrected chi connectivity index (χ3v) is 3.11. The van der Waals surface area contributed by atoms with E-state index < -0.39 is 0 Å². The van der Waals surface area contributed by atoms with Crippen LogP contribution in [0.1, 0.15) is 44.6 Å². The lowest BCUT2D eigenvalue weighted by Gasteiger charge is -2.07. The van der Waals surface area contributed by atoms with Gasteiger partial charge in [-0.25, -0.2) is 0 Å². The highest BCUT2D eigenvalue weighted by Gasteiger charge is 1.95. The van der Waals surface area contributed by atoms with Crippen molar-refractivity contribution in [1.29, 1.82) is 0 Å². The first-order chi connectivity index (χ1) is 7.72. The van der Waals surface area contributed by atoms with Crippen molar-refractivity contribution in [2.24, 2.45) is 0 Å². The zero-order valence-electron chi connectivity index (χ0n) is 10.4. The molecule has 0 atom stereocenters. The molecule has 0 fully saturated rings. The first-order valence-corrected chi connectivity index (χ1v) is 7.02. The lowest BCUT2D eigenvalue weighted by atomic mass is 10.1. The fraction of sp³-hybridized carbons (Fsp3) is 0.571. The highest BCUT2D eigenvalue weighted by molar-refractivity contribution is 9.10. The summed E-state index contributed by atoms with van der Waals surface area (Å²) in [6.07, 6.45) is 6.67. The van der Waals surface area contributed by atoms with Gasteiger partial charge >= 0.3 is 0 Å². The van der Waals surface area contributed by atoms with Crippen molar-refractivity contribution in [2.75, 3.05) is 11.9 Å². The Morgan fingerprint density at radius 2 is 1.81 bits per heavy atom. The smallest absolute Gasteiger partial charge is 0.0354 e. The van der Waals surface area contributed by atoms with Gasteiger partial charge in [0.05, 0.1) is 0 Å². The van der Waals surface area contributed by atoms with E-state index in [1.807, 2.05) is 0 Å². The summed E-state index contributed by atoms with van der Waals surface area (Å²) >= 11 is 3.52. The molecule has 0 unspecified atom stereocenters. The summed E-state index contributed by atoms with van der Waals surface area (Å²) in [7, 11) is 0. The number of nitrogens with one attached hydrogen (secondary N) is 1. The number of aryl methyl sites for hydroxylation is 1. The summed E-state index contributed by atoms with van der Waals surface area (Å²) in [5.41, 5.74) is 2.52. The molecule has 0 saturated carbocycles.